The van der Waals surface area contributed by atoms with Crippen LogP contribution in [0.1, 0.15) is 21.5 Å². The minimum Gasteiger partial charge on any atom is -0.494 e. The van der Waals surface area contributed by atoms with Crippen molar-refractivity contribution in [2.24, 2.45) is 0 Å². The SMILES string of the molecule is COc1c2c(c(N(C)C(=O)Oc3ccc([N+](=O)[O-])cc3)c3cccnc13)CN(Cc1ccc(F)cc1)C2=O. The number of benzene rings is 3. The maximum absolute atomic E-state index is 13.6. The highest BCUT2D eigenvalue weighted by atomic mass is 19.1. The number of methoxy groups -OCH3 is 1. The summed E-state index contributed by atoms with van der Waals surface area (Å²) in [7, 11) is 2.96. The summed E-state index contributed by atoms with van der Waals surface area (Å²) < 4.78 is 24.5. The zero-order valence-electron chi connectivity index (χ0n) is 20.4. The maximum atomic E-state index is 13.6. The van der Waals surface area contributed by atoms with Gasteiger partial charge in [0.25, 0.3) is 11.6 Å². The molecule has 10 nitrogen and oxygen atoms in total. The lowest BCUT2D eigenvalue weighted by Crippen LogP contribution is -2.30. The largest absolute Gasteiger partial charge is 0.494 e. The van der Waals surface area contributed by atoms with Crippen LogP contribution in [0.4, 0.5) is 20.6 Å². The molecule has 5 rings (SSSR count). The molecule has 0 fully saturated rings. The first-order valence-corrected chi connectivity index (χ1v) is 11.5. The molecule has 1 aromatic heterocycles. The molecule has 0 saturated carbocycles. The Bertz CT molecular complexity index is 1570. The number of hydrogen-bond donors (Lipinski definition) is 0. The highest BCUT2D eigenvalue weighted by Crippen LogP contribution is 2.44. The van der Waals surface area contributed by atoms with E-state index in [9.17, 15) is 24.1 Å². The minimum absolute atomic E-state index is 0.119. The van der Waals surface area contributed by atoms with Gasteiger partial charge in [0.2, 0.25) is 0 Å². The number of rotatable bonds is 6. The lowest BCUT2D eigenvalue weighted by atomic mass is 10.0. The summed E-state index contributed by atoms with van der Waals surface area (Å²) in [6.07, 6.45) is 0.798. The van der Waals surface area contributed by atoms with Crippen molar-refractivity contribution in [1.29, 1.82) is 0 Å². The quantitative estimate of drug-likeness (QED) is 0.259. The zero-order valence-corrected chi connectivity index (χ0v) is 20.4. The second-order valence-electron chi connectivity index (χ2n) is 8.60. The van der Waals surface area contributed by atoms with Crippen LogP contribution in [0.3, 0.4) is 0 Å². The molecule has 0 aliphatic carbocycles. The first-order chi connectivity index (χ1) is 18.3. The number of nitro groups is 1. The molecule has 0 bridgehead atoms. The molecule has 0 saturated heterocycles. The molecule has 0 unspecified atom stereocenters. The number of hydrogen-bond acceptors (Lipinski definition) is 7. The van der Waals surface area contributed by atoms with Crippen molar-refractivity contribution in [3.05, 3.63) is 99.5 Å². The molecule has 11 heteroatoms. The van der Waals surface area contributed by atoms with Gasteiger partial charge in [0.1, 0.15) is 17.1 Å². The van der Waals surface area contributed by atoms with E-state index in [1.54, 1.807) is 35.4 Å². The van der Waals surface area contributed by atoms with Crippen LogP contribution in [0.25, 0.3) is 10.9 Å². The van der Waals surface area contributed by atoms with E-state index in [1.807, 2.05) is 0 Å². The second kappa shape index (κ2) is 9.77. The molecule has 3 aromatic carbocycles. The van der Waals surface area contributed by atoms with Gasteiger partial charge in [-0.1, -0.05) is 12.1 Å². The first-order valence-electron chi connectivity index (χ1n) is 11.5. The third kappa shape index (κ3) is 4.34. The van der Waals surface area contributed by atoms with E-state index >= 15 is 0 Å². The van der Waals surface area contributed by atoms with E-state index in [-0.39, 0.29) is 41.8 Å². The van der Waals surface area contributed by atoms with Crippen molar-refractivity contribution in [2.75, 3.05) is 19.1 Å². The molecule has 38 heavy (non-hydrogen) atoms. The van der Waals surface area contributed by atoms with Crippen molar-refractivity contribution in [2.45, 2.75) is 13.1 Å². The minimum atomic E-state index is -0.763. The number of nitro benzene ring substituents is 1. The number of carbonyl (C=O) groups excluding carboxylic acids is 2. The van der Waals surface area contributed by atoms with Crippen LogP contribution in [0.5, 0.6) is 11.5 Å². The Morgan fingerprint density at radius 3 is 2.53 bits per heavy atom. The van der Waals surface area contributed by atoms with Crippen LogP contribution >= 0.6 is 0 Å². The van der Waals surface area contributed by atoms with E-state index < -0.39 is 11.0 Å². The molecule has 4 aromatic rings. The van der Waals surface area contributed by atoms with Gasteiger partial charge in [0.15, 0.2) is 5.75 Å². The number of nitrogens with zero attached hydrogens (tertiary/aromatic N) is 4. The number of carbonyl (C=O) groups is 2. The van der Waals surface area contributed by atoms with Crippen molar-refractivity contribution in [3.8, 4) is 11.5 Å². The summed E-state index contributed by atoms with van der Waals surface area (Å²) in [5.74, 6) is -0.275. The topological polar surface area (TPSA) is 115 Å². The van der Waals surface area contributed by atoms with Gasteiger partial charge in [-0.2, -0.15) is 0 Å². The number of ether oxygens (including phenoxy) is 2. The summed E-state index contributed by atoms with van der Waals surface area (Å²) in [4.78, 5) is 44.4. The molecule has 1 aliphatic heterocycles. The smallest absolute Gasteiger partial charge is 0.419 e. The predicted octanol–water partition coefficient (Wildman–Crippen LogP) is 5.08. The molecular weight excluding hydrogens is 495 g/mol. The Hall–Kier alpha value is -5.06. The lowest BCUT2D eigenvalue weighted by Gasteiger charge is -2.23. The Morgan fingerprint density at radius 2 is 1.87 bits per heavy atom. The number of non-ortho nitro benzene ring substituents is 1. The number of anilines is 1. The van der Waals surface area contributed by atoms with Crippen LogP contribution < -0.4 is 14.4 Å². The Kier molecular flexibility index (Phi) is 6.33. The number of pyridine rings is 1. The van der Waals surface area contributed by atoms with Gasteiger partial charge in [-0.3, -0.25) is 24.8 Å². The Morgan fingerprint density at radius 1 is 1.16 bits per heavy atom. The average molecular weight is 516 g/mol. The number of halogens is 1. The fraction of sp³-hybridized carbons (Fsp3) is 0.148. The first kappa shape index (κ1) is 24.6. The normalized spacial score (nSPS) is 12.4. The van der Waals surface area contributed by atoms with E-state index in [2.05, 4.69) is 4.98 Å². The fourth-order valence-electron chi connectivity index (χ4n) is 4.53. The molecule has 0 N–H and O–H groups in total. The van der Waals surface area contributed by atoms with E-state index in [0.29, 0.717) is 27.9 Å². The molecule has 192 valence electrons. The number of amides is 2. The van der Waals surface area contributed by atoms with Gasteiger partial charge >= 0.3 is 6.09 Å². The van der Waals surface area contributed by atoms with Gasteiger partial charge in [-0.25, -0.2) is 9.18 Å². The van der Waals surface area contributed by atoms with Crippen LogP contribution in [0.2, 0.25) is 0 Å². The highest BCUT2D eigenvalue weighted by molar-refractivity contribution is 6.13. The van der Waals surface area contributed by atoms with E-state index in [1.165, 1.54) is 55.5 Å². The molecule has 1 aliphatic rings. The van der Waals surface area contributed by atoms with Crippen LogP contribution in [-0.4, -0.2) is 41.0 Å². The van der Waals surface area contributed by atoms with E-state index in [4.69, 9.17) is 9.47 Å². The Labute approximate surface area is 216 Å². The van der Waals surface area contributed by atoms with Gasteiger partial charge in [-0.15, -0.1) is 0 Å². The van der Waals surface area contributed by atoms with Crippen molar-refractivity contribution in [3.63, 3.8) is 0 Å². The summed E-state index contributed by atoms with van der Waals surface area (Å²) in [5.41, 5.74) is 2.26. The summed E-state index contributed by atoms with van der Waals surface area (Å²) in [6, 6.07) is 14.5. The maximum Gasteiger partial charge on any atom is 0.419 e. The van der Waals surface area contributed by atoms with Gasteiger partial charge in [0.05, 0.1) is 23.3 Å². The van der Waals surface area contributed by atoms with Gasteiger partial charge in [-0.05, 0) is 42.0 Å². The third-order valence-electron chi connectivity index (χ3n) is 6.30. The summed E-state index contributed by atoms with van der Waals surface area (Å²) in [6.45, 7) is 0.383. The standard InChI is InChI=1S/C27H21FN4O6/c1-30(27(34)38-19-11-9-18(10-12-19)32(35)36)24-20-4-3-13-29-23(20)25(37-2)22-21(24)15-31(26(22)33)14-16-5-7-17(28)8-6-16/h3-13H,14-15H2,1-2H3. The van der Waals surface area contributed by atoms with E-state index in [0.717, 1.165) is 5.56 Å². The van der Waals surface area contributed by atoms with Crippen LogP contribution in [-0.2, 0) is 13.1 Å². The highest BCUT2D eigenvalue weighted by Gasteiger charge is 2.37. The zero-order chi connectivity index (χ0) is 27.0. The molecule has 0 radical (unpaired) electrons. The molecule has 0 spiro atoms. The van der Waals surface area contributed by atoms with Crippen molar-refractivity contribution >= 4 is 34.3 Å². The third-order valence-corrected chi connectivity index (χ3v) is 6.30. The van der Waals surface area contributed by atoms with Crippen molar-refractivity contribution < 1.29 is 28.4 Å². The van der Waals surface area contributed by atoms with Crippen molar-refractivity contribution in [1.82, 2.24) is 9.88 Å². The Balaban J connectivity index is 1.55. The van der Waals surface area contributed by atoms with Crippen LogP contribution in [0, 0.1) is 15.9 Å². The van der Waals surface area contributed by atoms with Crippen LogP contribution in [0.15, 0.2) is 66.9 Å². The molecule has 2 amide bonds. The lowest BCUT2D eigenvalue weighted by molar-refractivity contribution is -0.384. The average Bonchev–Trinajstić information content (AvgIpc) is 3.23. The fourth-order valence-corrected chi connectivity index (χ4v) is 4.53. The summed E-state index contributed by atoms with van der Waals surface area (Å²) in [5, 5.41) is 11.5. The number of fused-ring (bicyclic) bond motifs is 2. The monoisotopic (exact) mass is 516 g/mol. The predicted molar refractivity (Wildman–Crippen MR) is 136 cm³/mol. The van der Waals surface area contributed by atoms with Gasteiger partial charge in [0, 0.05) is 49.4 Å². The molecule has 2 heterocycles. The number of aromatic nitrogens is 1. The van der Waals surface area contributed by atoms with Gasteiger partial charge < -0.3 is 14.4 Å². The summed E-state index contributed by atoms with van der Waals surface area (Å²) >= 11 is 0. The molecular formula is C27H21FN4O6. The second-order valence-corrected chi connectivity index (χ2v) is 8.60. The molecule has 0 atom stereocenters.